The van der Waals surface area contributed by atoms with Crippen molar-refractivity contribution in [1.29, 1.82) is 0 Å². The van der Waals surface area contributed by atoms with Crippen LogP contribution in [-0.4, -0.2) is 17.5 Å². The van der Waals surface area contributed by atoms with E-state index in [1.807, 2.05) is 68.6 Å². The second-order valence-corrected chi connectivity index (χ2v) is 6.87. The molecular formula is C20H20N2O2S. The number of hydrogen-bond donors (Lipinski definition) is 1. The minimum atomic E-state index is -0.217. The Bertz CT molecular complexity index is 885. The molecule has 0 radical (unpaired) electrons. The summed E-state index contributed by atoms with van der Waals surface area (Å²) in [7, 11) is 0. The van der Waals surface area contributed by atoms with Crippen LogP contribution in [-0.2, 0) is 4.79 Å². The van der Waals surface area contributed by atoms with E-state index >= 15 is 0 Å². The van der Waals surface area contributed by atoms with Crippen LogP contribution in [0.5, 0.6) is 5.75 Å². The minimum Gasteiger partial charge on any atom is -0.483 e. The maximum atomic E-state index is 12.1. The smallest absolute Gasteiger partial charge is 0.264 e. The molecule has 0 aliphatic rings. The standard InChI is InChI=1S/C20H20N2O2S/c1-13-5-8-16(9-6-13)17-12-25-20(21-17)22-19(23)11-24-18-10-14(2)4-7-15(18)3/h4-10,12H,11H2,1-3H3,(H,21,22,23). The predicted octanol–water partition coefficient (Wildman–Crippen LogP) is 4.75. The van der Waals surface area contributed by atoms with Gasteiger partial charge in [-0.2, -0.15) is 0 Å². The highest BCUT2D eigenvalue weighted by Crippen LogP contribution is 2.25. The van der Waals surface area contributed by atoms with Crippen molar-refractivity contribution in [1.82, 2.24) is 4.98 Å². The zero-order valence-electron chi connectivity index (χ0n) is 14.5. The highest BCUT2D eigenvalue weighted by atomic mass is 32.1. The van der Waals surface area contributed by atoms with E-state index < -0.39 is 0 Å². The van der Waals surface area contributed by atoms with Gasteiger partial charge in [-0.25, -0.2) is 4.98 Å². The van der Waals surface area contributed by atoms with E-state index in [4.69, 9.17) is 4.74 Å². The Labute approximate surface area is 151 Å². The van der Waals surface area contributed by atoms with E-state index in [9.17, 15) is 4.79 Å². The largest absolute Gasteiger partial charge is 0.483 e. The molecule has 4 nitrogen and oxygen atoms in total. The van der Waals surface area contributed by atoms with Crippen molar-refractivity contribution >= 4 is 22.4 Å². The molecule has 3 rings (SSSR count). The topological polar surface area (TPSA) is 51.2 Å². The number of nitrogens with one attached hydrogen (secondary N) is 1. The Morgan fingerprint density at radius 2 is 1.80 bits per heavy atom. The molecule has 1 aromatic heterocycles. The van der Waals surface area contributed by atoms with Crippen molar-refractivity contribution < 1.29 is 9.53 Å². The molecule has 5 heteroatoms. The van der Waals surface area contributed by atoms with Gasteiger partial charge in [0.05, 0.1) is 5.69 Å². The fourth-order valence-electron chi connectivity index (χ4n) is 2.35. The Morgan fingerprint density at radius 1 is 1.08 bits per heavy atom. The maximum Gasteiger partial charge on any atom is 0.264 e. The molecular weight excluding hydrogens is 332 g/mol. The molecule has 0 bridgehead atoms. The summed E-state index contributed by atoms with van der Waals surface area (Å²) in [4.78, 5) is 16.6. The number of aromatic nitrogens is 1. The Hall–Kier alpha value is -2.66. The van der Waals surface area contributed by atoms with Gasteiger partial charge in [-0.05, 0) is 38.0 Å². The van der Waals surface area contributed by atoms with E-state index in [-0.39, 0.29) is 12.5 Å². The predicted molar refractivity (Wildman–Crippen MR) is 102 cm³/mol. The monoisotopic (exact) mass is 352 g/mol. The van der Waals surface area contributed by atoms with Gasteiger partial charge < -0.3 is 4.74 Å². The van der Waals surface area contributed by atoms with Gasteiger partial charge in [-0.3, -0.25) is 10.1 Å². The fraction of sp³-hybridized carbons (Fsp3) is 0.200. The van der Waals surface area contributed by atoms with Crippen molar-refractivity contribution in [3.63, 3.8) is 0 Å². The molecule has 128 valence electrons. The number of aryl methyl sites for hydroxylation is 3. The third-order valence-electron chi connectivity index (χ3n) is 3.80. The Balaban J connectivity index is 1.60. The summed E-state index contributed by atoms with van der Waals surface area (Å²) >= 11 is 1.41. The third kappa shape index (κ3) is 4.45. The average molecular weight is 352 g/mol. The lowest BCUT2D eigenvalue weighted by Crippen LogP contribution is -2.20. The summed E-state index contributed by atoms with van der Waals surface area (Å²) < 4.78 is 5.62. The number of ether oxygens (including phenoxy) is 1. The van der Waals surface area contributed by atoms with Crippen LogP contribution in [0.2, 0.25) is 0 Å². The number of thiazole rings is 1. The first-order valence-electron chi connectivity index (χ1n) is 8.04. The van der Waals surface area contributed by atoms with Gasteiger partial charge >= 0.3 is 0 Å². The number of carbonyl (C=O) groups is 1. The SMILES string of the molecule is Cc1ccc(-c2csc(NC(=O)COc3cc(C)ccc3C)n2)cc1. The lowest BCUT2D eigenvalue weighted by Gasteiger charge is -2.09. The van der Waals surface area contributed by atoms with Crippen molar-refractivity contribution in [2.75, 3.05) is 11.9 Å². The van der Waals surface area contributed by atoms with Gasteiger partial charge in [0, 0.05) is 10.9 Å². The highest BCUT2D eigenvalue weighted by molar-refractivity contribution is 7.14. The van der Waals surface area contributed by atoms with Crippen LogP contribution in [0.4, 0.5) is 5.13 Å². The fourth-order valence-corrected chi connectivity index (χ4v) is 3.09. The molecule has 3 aromatic rings. The first kappa shape index (κ1) is 17.2. The summed E-state index contributed by atoms with van der Waals surface area (Å²) in [5, 5.41) is 5.30. The number of rotatable bonds is 5. The molecule has 2 aromatic carbocycles. The second kappa shape index (κ2) is 7.49. The van der Waals surface area contributed by atoms with Crippen LogP contribution in [0.15, 0.2) is 47.8 Å². The van der Waals surface area contributed by atoms with Gasteiger partial charge in [0.25, 0.3) is 5.91 Å². The lowest BCUT2D eigenvalue weighted by molar-refractivity contribution is -0.118. The van der Waals surface area contributed by atoms with Crippen molar-refractivity contribution in [3.8, 4) is 17.0 Å². The first-order chi connectivity index (χ1) is 12.0. The van der Waals surface area contributed by atoms with E-state index in [1.165, 1.54) is 16.9 Å². The number of nitrogens with zero attached hydrogens (tertiary/aromatic N) is 1. The molecule has 0 aliphatic carbocycles. The van der Waals surface area contributed by atoms with Crippen LogP contribution in [0.3, 0.4) is 0 Å². The van der Waals surface area contributed by atoms with Crippen molar-refractivity contribution in [2.24, 2.45) is 0 Å². The van der Waals surface area contributed by atoms with Gasteiger partial charge in [0.15, 0.2) is 11.7 Å². The van der Waals surface area contributed by atoms with Crippen LogP contribution in [0.1, 0.15) is 16.7 Å². The molecule has 0 unspecified atom stereocenters. The third-order valence-corrected chi connectivity index (χ3v) is 4.56. The molecule has 1 amide bonds. The van der Waals surface area contributed by atoms with E-state index in [2.05, 4.69) is 10.3 Å². The molecule has 0 atom stereocenters. The molecule has 0 spiro atoms. The van der Waals surface area contributed by atoms with Crippen LogP contribution in [0, 0.1) is 20.8 Å². The quantitative estimate of drug-likeness (QED) is 0.721. The summed E-state index contributed by atoms with van der Waals surface area (Å²) in [5.41, 5.74) is 5.21. The van der Waals surface area contributed by atoms with Crippen molar-refractivity contribution in [2.45, 2.75) is 20.8 Å². The number of carbonyl (C=O) groups excluding carboxylic acids is 1. The van der Waals surface area contributed by atoms with Crippen LogP contribution < -0.4 is 10.1 Å². The molecule has 0 fully saturated rings. The molecule has 0 aliphatic heterocycles. The Kier molecular flexibility index (Phi) is 5.14. The normalized spacial score (nSPS) is 10.5. The average Bonchev–Trinajstić information content (AvgIpc) is 3.05. The van der Waals surface area contributed by atoms with Gasteiger partial charge in [0.2, 0.25) is 0 Å². The van der Waals surface area contributed by atoms with Gasteiger partial charge in [-0.15, -0.1) is 11.3 Å². The maximum absolute atomic E-state index is 12.1. The zero-order valence-corrected chi connectivity index (χ0v) is 15.3. The number of anilines is 1. The molecule has 25 heavy (non-hydrogen) atoms. The Morgan fingerprint density at radius 3 is 2.56 bits per heavy atom. The molecule has 1 N–H and O–H groups in total. The van der Waals surface area contributed by atoms with Crippen LogP contribution >= 0.6 is 11.3 Å². The van der Waals surface area contributed by atoms with Gasteiger partial charge in [-0.1, -0.05) is 42.0 Å². The molecule has 0 saturated carbocycles. The first-order valence-corrected chi connectivity index (χ1v) is 8.92. The number of benzene rings is 2. The molecule has 0 saturated heterocycles. The van der Waals surface area contributed by atoms with Crippen LogP contribution in [0.25, 0.3) is 11.3 Å². The summed E-state index contributed by atoms with van der Waals surface area (Å²) in [6, 6.07) is 14.1. The molecule has 1 heterocycles. The zero-order chi connectivity index (χ0) is 17.8. The van der Waals surface area contributed by atoms with Crippen molar-refractivity contribution in [3.05, 3.63) is 64.5 Å². The van der Waals surface area contributed by atoms with E-state index in [0.29, 0.717) is 5.13 Å². The summed E-state index contributed by atoms with van der Waals surface area (Å²) in [5.74, 6) is 0.514. The number of hydrogen-bond acceptors (Lipinski definition) is 4. The summed E-state index contributed by atoms with van der Waals surface area (Å²) in [6.45, 7) is 5.96. The highest BCUT2D eigenvalue weighted by Gasteiger charge is 2.09. The minimum absolute atomic E-state index is 0.0380. The van der Waals surface area contributed by atoms with E-state index in [0.717, 1.165) is 28.1 Å². The lowest BCUT2D eigenvalue weighted by atomic mass is 10.1. The summed E-state index contributed by atoms with van der Waals surface area (Å²) in [6.07, 6.45) is 0. The number of amides is 1. The second-order valence-electron chi connectivity index (χ2n) is 6.01. The van der Waals surface area contributed by atoms with Gasteiger partial charge in [0.1, 0.15) is 5.75 Å². The van der Waals surface area contributed by atoms with E-state index in [1.54, 1.807) is 0 Å².